The van der Waals surface area contributed by atoms with E-state index in [2.05, 4.69) is 0 Å². The second-order valence-corrected chi connectivity index (χ2v) is 8.24. The highest BCUT2D eigenvalue weighted by molar-refractivity contribution is 14.1. The topological polar surface area (TPSA) is 49.8 Å². The van der Waals surface area contributed by atoms with Crippen molar-refractivity contribution in [3.63, 3.8) is 0 Å². The second-order valence-electron chi connectivity index (χ2n) is 5.41. The number of amides is 1. The summed E-state index contributed by atoms with van der Waals surface area (Å²) < 4.78 is 6.32. The lowest BCUT2D eigenvalue weighted by molar-refractivity contribution is -0.113. The Bertz CT molecular complexity index is 894. The summed E-state index contributed by atoms with van der Waals surface area (Å²) in [5, 5.41) is 9.94. The summed E-state index contributed by atoms with van der Waals surface area (Å²) in [6.07, 6.45) is 1.76. The van der Waals surface area contributed by atoms with Gasteiger partial charge in [0.25, 0.3) is 5.91 Å². The van der Waals surface area contributed by atoms with Gasteiger partial charge in [-0.15, -0.1) is 0 Å². The van der Waals surface area contributed by atoms with Crippen LogP contribution < -0.4 is 9.64 Å². The lowest BCUT2D eigenvalue weighted by Gasteiger charge is -2.14. The predicted molar refractivity (Wildman–Crippen MR) is 114 cm³/mol. The van der Waals surface area contributed by atoms with Crippen LogP contribution in [-0.4, -0.2) is 22.4 Å². The lowest BCUT2D eigenvalue weighted by Crippen LogP contribution is -2.27. The van der Waals surface area contributed by atoms with Crippen molar-refractivity contribution in [2.45, 2.75) is 6.92 Å². The number of carbonyl (C=O) groups is 1. The zero-order valence-corrected chi connectivity index (χ0v) is 17.2. The van der Waals surface area contributed by atoms with E-state index < -0.39 is 0 Å². The molecule has 0 atom stereocenters. The van der Waals surface area contributed by atoms with E-state index >= 15 is 0 Å². The molecule has 1 aliphatic heterocycles. The Balaban J connectivity index is 1.95. The number of rotatable bonds is 3. The Labute approximate surface area is 169 Å². The SMILES string of the molecule is COc1cc(/C=C2\SC(=S)N(c3ccc(C)cc3)C2=O)cc(I)c1O. The minimum atomic E-state index is -0.152. The van der Waals surface area contributed by atoms with Crippen LogP contribution in [0.2, 0.25) is 0 Å². The number of thiocarbonyl (C=S) groups is 1. The van der Waals surface area contributed by atoms with Gasteiger partial charge in [0.05, 0.1) is 21.3 Å². The van der Waals surface area contributed by atoms with E-state index in [4.69, 9.17) is 17.0 Å². The zero-order valence-electron chi connectivity index (χ0n) is 13.4. The zero-order chi connectivity index (χ0) is 18.1. The standard InChI is InChI=1S/C18H14INO3S2/c1-10-3-5-12(6-4-10)20-17(22)15(25-18(20)24)9-11-7-13(19)16(21)14(8-11)23-2/h3-9,21H,1-2H3/b15-9-. The molecule has 1 saturated heterocycles. The summed E-state index contributed by atoms with van der Waals surface area (Å²) >= 11 is 8.67. The molecule has 7 heteroatoms. The number of thioether (sulfide) groups is 1. The lowest BCUT2D eigenvalue weighted by atomic mass is 10.1. The average molecular weight is 483 g/mol. The van der Waals surface area contributed by atoms with Crippen LogP contribution in [-0.2, 0) is 4.79 Å². The molecule has 1 heterocycles. The number of phenols is 1. The van der Waals surface area contributed by atoms with Crippen LogP contribution in [0.5, 0.6) is 11.5 Å². The highest BCUT2D eigenvalue weighted by Gasteiger charge is 2.33. The molecule has 2 aromatic rings. The molecule has 4 nitrogen and oxygen atoms in total. The Morgan fingerprint density at radius 2 is 1.96 bits per heavy atom. The Hall–Kier alpha value is -1.58. The summed E-state index contributed by atoms with van der Waals surface area (Å²) in [5.41, 5.74) is 2.65. The van der Waals surface area contributed by atoms with Crippen LogP contribution >= 0.6 is 46.6 Å². The quantitative estimate of drug-likeness (QED) is 0.389. The van der Waals surface area contributed by atoms with Crippen LogP contribution in [0.4, 0.5) is 5.69 Å². The molecule has 3 rings (SSSR count). The molecular formula is C18H14INO3S2. The van der Waals surface area contributed by atoms with Gasteiger partial charge in [-0.2, -0.15) is 0 Å². The van der Waals surface area contributed by atoms with E-state index in [1.54, 1.807) is 18.2 Å². The van der Waals surface area contributed by atoms with Crippen LogP contribution in [0.25, 0.3) is 6.08 Å². The fourth-order valence-corrected chi connectivity index (χ4v) is 4.29. The predicted octanol–water partition coefficient (Wildman–Crippen LogP) is 4.72. The first kappa shape index (κ1) is 18.2. The maximum Gasteiger partial charge on any atom is 0.270 e. The molecule has 0 aromatic heterocycles. The molecule has 1 amide bonds. The number of carbonyl (C=O) groups excluding carboxylic acids is 1. The van der Waals surface area contributed by atoms with E-state index in [1.165, 1.54) is 23.8 Å². The summed E-state index contributed by atoms with van der Waals surface area (Å²) in [5.74, 6) is 0.306. The average Bonchev–Trinajstić information content (AvgIpc) is 2.85. The summed E-state index contributed by atoms with van der Waals surface area (Å²) in [6.45, 7) is 1.99. The van der Waals surface area contributed by atoms with Gasteiger partial charge < -0.3 is 9.84 Å². The fourth-order valence-electron chi connectivity index (χ4n) is 2.37. The Morgan fingerprint density at radius 1 is 1.28 bits per heavy atom. The van der Waals surface area contributed by atoms with Crippen molar-refractivity contribution in [3.8, 4) is 11.5 Å². The number of nitrogens with zero attached hydrogens (tertiary/aromatic N) is 1. The van der Waals surface area contributed by atoms with Crippen molar-refractivity contribution in [1.29, 1.82) is 0 Å². The third-order valence-corrected chi connectivity index (χ3v) is 5.78. The molecule has 0 spiro atoms. The molecular weight excluding hydrogens is 469 g/mol. The third-order valence-electron chi connectivity index (χ3n) is 3.65. The van der Waals surface area contributed by atoms with Crippen molar-refractivity contribution in [2.24, 2.45) is 0 Å². The van der Waals surface area contributed by atoms with Gasteiger partial charge in [-0.1, -0.05) is 41.7 Å². The number of benzene rings is 2. The number of anilines is 1. The van der Waals surface area contributed by atoms with E-state index in [1.807, 2.05) is 53.8 Å². The van der Waals surface area contributed by atoms with Gasteiger partial charge in [0.15, 0.2) is 15.8 Å². The van der Waals surface area contributed by atoms with Gasteiger partial charge >= 0.3 is 0 Å². The van der Waals surface area contributed by atoms with Gasteiger partial charge in [-0.25, -0.2) is 0 Å². The smallest absolute Gasteiger partial charge is 0.270 e. The van der Waals surface area contributed by atoms with Crippen molar-refractivity contribution >= 4 is 68.6 Å². The normalized spacial score (nSPS) is 16.0. The first-order valence-corrected chi connectivity index (χ1v) is 9.62. The third kappa shape index (κ3) is 3.68. The summed E-state index contributed by atoms with van der Waals surface area (Å²) in [7, 11) is 1.49. The van der Waals surface area contributed by atoms with Gasteiger partial charge in [0.1, 0.15) is 0 Å². The van der Waals surface area contributed by atoms with Gasteiger partial charge in [0.2, 0.25) is 0 Å². The number of hydrogen-bond donors (Lipinski definition) is 1. The molecule has 1 N–H and O–H groups in total. The Kier molecular flexibility index (Phi) is 5.35. The van der Waals surface area contributed by atoms with E-state index in [0.717, 1.165) is 16.8 Å². The molecule has 0 radical (unpaired) electrons. The van der Waals surface area contributed by atoms with Crippen LogP contribution in [0.15, 0.2) is 41.3 Å². The number of halogens is 1. The molecule has 1 fully saturated rings. The monoisotopic (exact) mass is 483 g/mol. The number of phenolic OH excluding ortho intramolecular Hbond substituents is 1. The molecule has 1 aliphatic rings. The first-order chi connectivity index (χ1) is 11.9. The molecule has 0 aliphatic carbocycles. The van der Waals surface area contributed by atoms with Gasteiger partial charge in [0, 0.05) is 0 Å². The molecule has 0 saturated carbocycles. The van der Waals surface area contributed by atoms with Crippen molar-refractivity contribution in [2.75, 3.05) is 12.0 Å². The first-order valence-electron chi connectivity index (χ1n) is 7.32. The molecule has 0 bridgehead atoms. The fraction of sp³-hybridized carbons (Fsp3) is 0.111. The highest BCUT2D eigenvalue weighted by atomic mass is 127. The van der Waals surface area contributed by atoms with Crippen molar-refractivity contribution in [1.82, 2.24) is 0 Å². The number of aromatic hydroxyl groups is 1. The van der Waals surface area contributed by atoms with E-state index in [9.17, 15) is 9.90 Å². The molecule has 128 valence electrons. The second kappa shape index (κ2) is 7.35. The van der Waals surface area contributed by atoms with Crippen LogP contribution in [0.1, 0.15) is 11.1 Å². The number of aryl methyl sites for hydroxylation is 1. The Morgan fingerprint density at radius 3 is 2.60 bits per heavy atom. The minimum absolute atomic E-state index is 0.0902. The number of methoxy groups -OCH3 is 1. The maximum atomic E-state index is 12.8. The van der Waals surface area contributed by atoms with E-state index in [0.29, 0.717) is 18.5 Å². The molecule has 0 unspecified atom stereocenters. The van der Waals surface area contributed by atoms with Gasteiger partial charge in [-0.3, -0.25) is 9.69 Å². The number of hydrogen-bond acceptors (Lipinski definition) is 5. The van der Waals surface area contributed by atoms with Crippen LogP contribution in [0, 0.1) is 10.5 Å². The maximum absolute atomic E-state index is 12.8. The summed E-state index contributed by atoms with van der Waals surface area (Å²) in [6, 6.07) is 11.1. The summed E-state index contributed by atoms with van der Waals surface area (Å²) in [4.78, 5) is 14.9. The largest absolute Gasteiger partial charge is 0.504 e. The van der Waals surface area contributed by atoms with Crippen molar-refractivity contribution < 1.29 is 14.6 Å². The highest BCUT2D eigenvalue weighted by Crippen LogP contribution is 2.38. The van der Waals surface area contributed by atoms with Gasteiger partial charge in [-0.05, 0) is 65.4 Å². The minimum Gasteiger partial charge on any atom is -0.504 e. The van der Waals surface area contributed by atoms with Crippen LogP contribution in [0.3, 0.4) is 0 Å². The van der Waals surface area contributed by atoms with Crippen molar-refractivity contribution in [3.05, 3.63) is 56.0 Å². The number of ether oxygens (including phenoxy) is 1. The molecule has 25 heavy (non-hydrogen) atoms. The molecule has 2 aromatic carbocycles. The van der Waals surface area contributed by atoms with E-state index in [-0.39, 0.29) is 11.7 Å².